The van der Waals surface area contributed by atoms with Gasteiger partial charge in [0.1, 0.15) is 23.8 Å². The lowest BCUT2D eigenvalue weighted by Crippen LogP contribution is -1.99. The fourth-order valence-corrected chi connectivity index (χ4v) is 5.10. The number of aromatic nitrogens is 3. The van der Waals surface area contributed by atoms with Crippen LogP contribution in [0.15, 0.2) is 134 Å². The van der Waals surface area contributed by atoms with Gasteiger partial charge >= 0.3 is 0 Å². The zero-order chi connectivity index (χ0) is 29.7. The SMILES string of the molecule is COc1cc2c(Oc3ccc(Nc4nnc(-c5ccccc5)c5ccccc45)cc3)ccnc2cc1OCc1ccccc1. The number of fused-ring (bicyclic) bond motifs is 2. The van der Waals surface area contributed by atoms with Crippen LogP contribution in [0.2, 0.25) is 0 Å². The van der Waals surface area contributed by atoms with Crippen LogP contribution in [0.25, 0.3) is 32.9 Å². The van der Waals surface area contributed by atoms with Crippen LogP contribution in [-0.2, 0) is 6.61 Å². The molecule has 0 spiro atoms. The maximum absolute atomic E-state index is 6.31. The molecule has 0 fully saturated rings. The van der Waals surface area contributed by atoms with Gasteiger partial charge in [0.05, 0.1) is 12.6 Å². The summed E-state index contributed by atoms with van der Waals surface area (Å²) in [6, 6.07) is 41.6. The van der Waals surface area contributed by atoms with E-state index in [4.69, 9.17) is 14.2 Å². The minimum absolute atomic E-state index is 0.428. The number of ether oxygens (including phenoxy) is 3. The zero-order valence-corrected chi connectivity index (χ0v) is 24.0. The van der Waals surface area contributed by atoms with Gasteiger partial charge in [0.2, 0.25) is 0 Å². The molecule has 7 heteroatoms. The van der Waals surface area contributed by atoms with E-state index in [1.54, 1.807) is 13.3 Å². The van der Waals surface area contributed by atoms with Crippen LogP contribution in [0.4, 0.5) is 11.5 Å². The molecule has 2 aromatic heterocycles. The summed E-state index contributed by atoms with van der Waals surface area (Å²) in [7, 11) is 1.63. The zero-order valence-electron chi connectivity index (χ0n) is 24.0. The maximum atomic E-state index is 6.31. The van der Waals surface area contributed by atoms with E-state index >= 15 is 0 Å². The average Bonchev–Trinajstić information content (AvgIpc) is 3.09. The Balaban J connectivity index is 1.11. The second kappa shape index (κ2) is 12.1. The molecule has 0 radical (unpaired) electrons. The van der Waals surface area contributed by atoms with Gasteiger partial charge in [0, 0.05) is 39.7 Å². The molecule has 0 amide bonds. The van der Waals surface area contributed by atoms with Crippen LogP contribution in [0.3, 0.4) is 0 Å². The van der Waals surface area contributed by atoms with E-state index < -0.39 is 0 Å². The molecule has 0 aliphatic carbocycles. The Morgan fingerprint density at radius 3 is 2.14 bits per heavy atom. The molecular weight excluding hydrogens is 548 g/mol. The van der Waals surface area contributed by atoms with Crippen LogP contribution in [0, 0.1) is 0 Å². The Labute approximate surface area is 254 Å². The molecule has 5 aromatic carbocycles. The van der Waals surface area contributed by atoms with Gasteiger partial charge in [-0.1, -0.05) is 84.9 Å². The third-order valence-electron chi connectivity index (χ3n) is 7.30. The first-order valence-electron chi connectivity index (χ1n) is 14.2. The highest BCUT2D eigenvalue weighted by atomic mass is 16.5. The van der Waals surface area contributed by atoms with Gasteiger partial charge in [-0.25, -0.2) is 0 Å². The molecular formula is C37H28N4O3. The molecule has 7 nitrogen and oxygen atoms in total. The van der Waals surface area contributed by atoms with Crippen molar-refractivity contribution in [3.8, 4) is 34.3 Å². The summed E-state index contributed by atoms with van der Waals surface area (Å²) >= 11 is 0. The summed E-state index contributed by atoms with van der Waals surface area (Å²) in [5, 5.41) is 15.4. The van der Waals surface area contributed by atoms with E-state index in [-0.39, 0.29) is 0 Å². The molecule has 44 heavy (non-hydrogen) atoms. The van der Waals surface area contributed by atoms with Crippen LogP contribution in [0.5, 0.6) is 23.0 Å². The second-order valence-electron chi connectivity index (χ2n) is 10.2. The predicted molar refractivity (Wildman–Crippen MR) is 174 cm³/mol. The lowest BCUT2D eigenvalue weighted by atomic mass is 10.0. The Bertz CT molecular complexity index is 2050. The van der Waals surface area contributed by atoms with Crippen molar-refractivity contribution in [1.29, 1.82) is 0 Å². The third-order valence-corrected chi connectivity index (χ3v) is 7.30. The van der Waals surface area contributed by atoms with Crippen molar-refractivity contribution in [3.63, 3.8) is 0 Å². The summed E-state index contributed by atoms with van der Waals surface area (Å²) in [5.41, 5.74) is 4.56. The van der Waals surface area contributed by atoms with Crippen LogP contribution >= 0.6 is 0 Å². The Kier molecular flexibility index (Phi) is 7.41. The molecule has 0 aliphatic rings. The molecule has 0 saturated heterocycles. The normalized spacial score (nSPS) is 10.9. The monoisotopic (exact) mass is 576 g/mol. The van der Waals surface area contributed by atoms with E-state index in [1.807, 2.05) is 115 Å². The Hall–Kier alpha value is -5.95. The number of hydrogen-bond donors (Lipinski definition) is 1. The highest BCUT2D eigenvalue weighted by Crippen LogP contribution is 2.38. The van der Waals surface area contributed by atoms with Crippen LogP contribution in [0.1, 0.15) is 5.56 Å². The van der Waals surface area contributed by atoms with E-state index in [9.17, 15) is 0 Å². The van der Waals surface area contributed by atoms with Gasteiger partial charge < -0.3 is 19.5 Å². The van der Waals surface area contributed by atoms with Gasteiger partial charge in [0.25, 0.3) is 0 Å². The highest BCUT2D eigenvalue weighted by molar-refractivity contribution is 6.00. The summed E-state index contributed by atoms with van der Waals surface area (Å²) in [6.07, 6.45) is 1.73. The molecule has 7 aromatic rings. The van der Waals surface area contributed by atoms with Crippen LogP contribution < -0.4 is 19.5 Å². The van der Waals surface area contributed by atoms with Crippen molar-refractivity contribution in [3.05, 3.63) is 139 Å². The van der Waals surface area contributed by atoms with E-state index in [1.165, 1.54) is 0 Å². The molecule has 0 bridgehead atoms. The average molecular weight is 577 g/mol. The smallest absolute Gasteiger partial charge is 0.163 e. The second-order valence-corrected chi connectivity index (χ2v) is 10.2. The standard InChI is InChI=1S/C37H28N4O3/c1-42-34-22-31-32(23-35(34)43-24-25-10-4-2-5-11-25)38-21-20-33(31)44-28-18-16-27(17-19-28)39-37-30-15-9-8-14-29(30)36(40-41-37)26-12-6-3-7-13-26/h2-23H,24H2,1H3,(H,39,41). The molecule has 1 N–H and O–H groups in total. The minimum Gasteiger partial charge on any atom is -0.493 e. The Morgan fingerprint density at radius 1 is 0.636 bits per heavy atom. The molecule has 7 rings (SSSR count). The molecule has 2 heterocycles. The van der Waals surface area contributed by atoms with Crippen molar-refractivity contribution < 1.29 is 14.2 Å². The summed E-state index contributed by atoms with van der Waals surface area (Å²) in [4.78, 5) is 4.55. The number of hydrogen-bond acceptors (Lipinski definition) is 7. The third kappa shape index (κ3) is 5.58. The van der Waals surface area contributed by atoms with Crippen molar-refractivity contribution in [1.82, 2.24) is 15.2 Å². The highest BCUT2D eigenvalue weighted by Gasteiger charge is 2.14. The number of methoxy groups -OCH3 is 1. The topological polar surface area (TPSA) is 78.4 Å². The van der Waals surface area contributed by atoms with Gasteiger partial charge in [-0.05, 0) is 42.0 Å². The Morgan fingerprint density at radius 2 is 1.36 bits per heavy atom. The predicted octanol–water partition coefficient (Wildman–Crippen LogP) is 8.97. The fraction of sp³-hybridized carbons (Fsp3) is 0.0541. The molecule has 0 atom stereocenters. The van der Waals surface area contributed by atoms with E-state index in [0.717, 1.165) is 44.2 Å². The van der Waals surface area contributed by atoms with Crippen molar-refractivity contribution in [2.45, 2.75) is 6.61 Å². The number of pyridine rings is 1. The van der Waals surface area contributed by atoms with E-state index in [2.05, 4.69) is 32.6 Å². The van der Waals surface area contributed by atoms with Crippen molar-refractivity contribution in [2.75, 3.05) is 12.4 Å². The summed E-state index contributed by atoms with van der Waals surface area (Å²) < 4.78 is 18.0. The number of nitrogens with zero attached hydrogens (tertiary/aromatic N) is 3. The molecule has 0 aliphatic heterocycles. The van der Waals surface area contributed by atoms with E-state index in [0.29, 0.717) is 35.4 Å². The largest absolute Gasteiger partial charge is 0.493 e. The number of anilines is 2. The number of rotatable bonds is 9. The first-order valence-corrected chi connectivity index (χ1v) is 14.2. The van der Waals surface area contributed by atoms with Crippen molar-refractivity contribution in [2.24, 2.45) is 0 Å². The van der Waals surface area contributed by atoms with Gasteiger partial charge in [0.15, 0.2) is 17.3 Å². The first kappa shape index (κ1) is 26.9. The summed E-state index contributed by atoms with van der Waals surface area (Å²) in [5.74, 6) is 3.26. The minimum atomic E-state index is 0.428. The molecule has 0 unspecified atom stereocenters. The fourth-order valence-electron chi connectivity index (χ4n) is 5.10. The van der Waals surface area contributed by atoms with Crippen molar-refractivity contribution >= 4 is 33.2 Å². The van der Waals surface area contributed by atoms with Gasteiger partial charge in [-0.3, -0.25) is 4.98 Å². The van der Waals surface area contributed by atoms with Gasteiger partial charge in [-0.2, -0.15) is 0 Å². The molecule has 0 saturated carbocycles. The quantitative estimate of drug-likeness (QED) is 0.184. The van der Waals surface area contributed by atoms with Crippen LogP contribution in [-0.4, -0.2) is 22.3 Å². The number of nitrogens with one attached hydrogen (secondary N) is 1. The lowest BCUT2D eigenvalue weighted by molar-refractivity contribution is 0.285. The van der Waals surface area contributed by atoms with Gasteiger partial charge in [-0.15, -0.1) is 10.2 Å². The maximum Gasteiger partial charge on any atom is 0.163 e. The molecule has 214 valence electrons. The number of benzene rings is 5. The lowest BCUT2D eigenvalue weighted by Gasteiger charge is -2.14. The summed E-state index contributed by atoms with van der Waals surface area (Å²) in [6.45, 7) is 0.428. The first-order chi connectivity index (χ1) is 21.7.